The van der Waals surface area contributed by atoms with Crippen molar-refractivity contribution in [2.75, 3.05) is 20.3 Å². The van der Waals surface area contributed by atoms with Crippen molar-refractivity contribution in [1.82, 2.24) is 15.3 Å². The third kappa shape index (κ3) is 6.03. The van der Waals surface area contributed by atoms with Crippen molar-refractivity contribution in [3.63, 3.8) is 0 Å². The molecule has 0 aliphatic heterocycles. The van der Waals surface area contributed by atoms with Gasteiger partial charge in [0.15, 0.2) is 22.9 Å². The van der Waals surface area contributed by atoms with Gasteiger partial charge in [-0.1, -0.05) is 13.8 Å². The summed E-state index contributed by atoms with van der Waals surface area (Å²) in [6.45, 7) is 5.47. The van der Waals surface area contributed by atoms with Crippen LogP contribution in [0.2, 0.25) is 0 Å². The minimum absolute atomic E-state index is 0.198. The van der Waals surface area contributed by atoms with E-state index in [9.17, 15) is 4.79 Å². The van der Waals surface area contributed by atoms with Crippen LogP contribution in [-0.2, 0) is 6.54 Å². The predicted octanol–water partition coefficient (Wildman–Crippen LogP) is 4.50. The highest BCUT2D eigenvalue weighted by Crippen LogP contribution is 2.35. The first-order chi connectivity index (χ1) is 16.0. The molecule has 0 radical (unpaired) electrons. The molecule has 1 N–H and O–H groups in total. The Balaban J connectivity index is 1.40. The molecule has 1 aliphatic carbocycles. The first kappa shape index (κ1) is 22.6. The average molecular weight is 452 g/mol. The zero-order valence-electron chi connectivity index (χ0n) is 19.2. The molecule has 0 unspecified atom stereocenters. The summed E-state index contributed by atoms with van der Waals surface area (Å²) in [4.78, 5) is 21.3. The summed E-state index contributed by atoms with van der Waals surface area (Å²) in [5.41, 5.74) is 1.61. The first-order valence-electron chi connectivity index (χ1n) is 11.1. The van der Waals surface area contributed by atoms with Crippen molar-refractivity contribution >= 4 is 5.91 Å². The molecule has 3 aromatic rings. The number of oxazole rings is 1. The van der Waals surface area contributed by atoms with Gasteiger partial charge in [-0.3, -0.25) is 4.79 Å². The molecule has 1 saturated carbocycles. The number of amides is 1. The van der Waals surface area contributed by atoms with Crippen LogP contribution in [0.5, 0.6) is 17.2 Å². The number of rotatable bonds is 11. The number of nitrogens with zero attached hydrogens (tertiary/aromatic N) is 2. The van der Waals surface area contributed by atoms with Gasteiger partial charge in [0, 0.05) is 11.8 Å². The Bertz CT molecular complexity index is 1090. The van der Waals surface area contributed by atoms with Gasteiger partial charge in [-0.2, -0.15) is 0 Å². The van der Waals surface area contributed by atoms with Gasteiger partial charge in [0.25, 0.3) is 5.91 Å². The summed E-state index contributed by atoms with van der Waals surface area (Å²) in [5, 5.41) is 2.83. The smallest absolute Gasteiger partial charge is 0.274 e. The minimum atomic E-state index is -0.334. The van der Waals surface area contributed by atoms with Crippen molar-refractivity contribution in [3.05, 3.63) is 54.2 Å². The maximum atomic E-state index is 12.7. The second kappa shape index (κ2) is 10.4. The van der Waals surface area contributed by atoms with E-state index in [1.165, 1.54) is 19.1 Å². The standard InChI is InChI=1S/C25H29N3O5/c1-16(2)13-31-21-5-4-10-26-23(21)24(29)27-12-19-15-33-25(28-19)18-8-9-20(30-3)22(11-18)32-14-17-6-7-17/h4-5,8-11,15-17H,6-7,12-14H2,1-3H3,(H,27,29). The quantitative estimate of drug-likeness (QED) is 0.459. The van der Waals surface area contributed by atoms with Gasteiger partial charge < -0.3 is 23.9 Å². The maximum Gasteiger partial charge on any atom is 0.274 e. The highest BCUT2D eigenvalue weighted by molar-refractivity contribution is 5.94. The van der Waals surface area contributed by atoms with E-state index in [0.29, 0.717) is 53.9 Å². The van der Waals surface area contributed by atoms with E-state index in [1.807, 2.05) is 32.0 Å². The molecule has 0 saturated heterocycles. The Morgan fingerprint density at radius 2 is 2.03 bits per heavy atom. The number of methoxy groups -OCH3 is 1. The number of carbonyl (C=O) groups is 1. The summed E-state index contributed by atoms with van der Waals surface area (Å²) < 4.78 is 22.7. The molecule has 0 spiro atoms. The summed E-state index contributed by atoms with van der Waals surface area (Å²) in [6.07, 6.45) is 5.51. The number of hydrogen-bond acceptors (Lipinski definition) is 7. The number of hydrogen-bond donors (Lipinski definition) is 1. The number of carbonyl (C=O) groups excluding carboxylic acids is 1. The zero-order chi connectivity index (χ0) is 23.2. The van der Waals surface area contributed by atoms with Crippen LogP contribution in [-0.4, -0.2) is 36.2 Å². The van der Waals surface area contributed by atoms with Gasteiger partial charge >= 0.3 is 0 Å². The van der Waals surface area contributed by atoms with Crippen LogP contribution in [0.3, 0.4) is 0 Å². The summed E-state index contributed by atoms with van der Waals surface area (Å²) in [6, 6.07) is 9.05. The van der Waals surface area contributed by atoms with E-state index in [-0.39, 0.29) is 18.1 Å². The number of aromatic nitrogens is 2. The zero-order valence-corrected chi connectivity index (χ0v) is 19.2. The molecule has 1 aliphatic rings. The first-order valence-corrected chi connectivity index (χ1v) is 11.1. The number of pyridine rings is 1. The molecule has 2 aromatic heterocycles. The van der Waals surface area contributed by atoms with Crippen molar-refractivity contribution < 1.29 is 23.4 Å². The van der Waals surface area contributed by atoms with Crippen LogP contribution >= 0.6 is 0 Å². The van der Waals surface area contributed by atoms with Crippen molar-refractivity contribution in [2.24, 2.45) is 11.8 Å². The third-order valence-corrected chi connectivity index (χ3v) is 5.12. The van der Waals surface area contributed by atoms with Crippen molar-refractivity contribution in [2.45, 2.75) is 33.2 Å². The molecule has 8 heteroatoms. The number of nitrogens with one attached hydrogen (secondary N) is 1. The third-order valence-electron chi connectivity index (χ3n) is 5.12. The number of benzene rings is 1. The molecule has 2 heterocycles. The fraction of sp³-hybridized carbons (Fsp3) is 0.400. The predicted molar refractivity (Wildman–Crippen MR) is 122 cm³/mol. The molecular weight excluding hydrogens is 422 g/mol. The maximum absolute atomic E-state index is 12.7. The molecule has 0 atom stereocenters. The topological polar surface area (TPSA) is 95.7 Å². The monoisotopic (exact) mass is 451 g/mol. The Kier molecular flexibility index (Phi) is 7.12. The van der Waals surface area contributed by atoms with Crippen molar-refractivity contribution in [3.8, 4) is 28.7 Å². The van der Waals surface area contributed by atoms with E-state index in [4.69, 9.17) is 18.6 Å². The van der Waals surface area contributed by atoms with Crippen molar-refractivity contribution in [1.29, 1.82) is 0 Å². The van der Waals surface area contributed by atoms with Crippen LogP contribution in [0.4, 0.5) is 0 Å². The lowest BCUT2D eigenvalue weighted by molar-refractivity contribution is 0.0940. The van der Waals surface area contributed by atoms with Gasteiger partial charge in [-0.25, -0.2) is 9.97 Å². The van der Waals surface area contributed by atoms with E-state index in [2.05, 4.69) is 15.3 Å². The summed E-state index contributed by atoms with van der Waals surface area (Å²) >= 11 is 0. The van der Waals surface area contributed by atoms with E-state index < -0.39 is 0 Å². The van der Waals surface area contributed by atoms with Crippen LogP contribution in [0.15, 0.2) is 47.2 Å². The molecule has 174 valence electrons. The molecule has 8 nitrogen and oxygen atoms in total. The SMILES string of the molecule is COc1ccc(-c2nc(CNC(=O)c3ncccc3OCC(C)C)co2)cc1OCC1CC1. The van der Waals surface area contributed by atoms with Gasteiger partial charge in [0.1, 0.15) is 6.26 Å². The van der Waals surface area contributed by atoms with E-state index in [1.54, 1.807) is 25.4 Å². The molecule has 0 bridgehead atoms. The largest absolute Gasteiger partial charge is 0.493 e. The summed E-state index contributed by atoms with van der Waals surface area (Å²) in [5.74, 6) is 2.87. The van der Waals surface area contributed by atoms with Gasteiger partial charge in [-0.15, -0.1) is 0 Å². The lowest BCUT2D eigenvalue weighted by Gasteiger charge is -2.11. The second-order valence-electron chi connectivity index (χ2n) is 8.50. The molecule has 4 rings (SSSR count). The Morgan fingerprint density at radius 3 is 2.79 bits per heavy atom. The fourth-order valence-electron chi connectivity index (χ4n) is 3.12. The van der Waals surface area contributed by atoms with Gasteiger partial charge in [0.2, 0.25) is 5.89 Å². The fourth-order valence-corrected chi connectivity index (χ4v) is 3.12. The minimum Gasteiger partial charge on any atom is -0.493 e. The van der Waals surface area contributed by atoms with Crippen LogP contribution in [0.25, 0.3) is 11.5 Å². The Hall–Kier alpha value is -3.55. The highest BCUT2D eigenvalue weighted by atomic mass is 16.5. The van der Waals surface area contributed by atoms with E-state index in [0.717, 1.165) is 5.56 Å². The molecular formula is C25H29N3O5. The average Bonchev–Trinajstić information content (AvgIpc) is 3.54. The molecule has 1 aromatic carbocycles. The van der Waals surface area contributed by atoms with E-state index >= 15 is 0 Å². The van der Waals surface area contributed by atoms with Crippen LogP contribution < -0.4 is 19.5 Å². The molecule has 1 amide bonds. The Morgan fingerprint density at radius 1 is 1.18 bits per heavy atom. The molecule has 33 heavy (non-hydrogen) atoms. The van der Waals surface area contributed by atoms with Gasteiger partial charge in [-0.05, 0) is 55.0 Å². The van der Waals surface area contributed by atoms with Crippen LogP contribution in [0, 0.1) is 11.8 Å². The second-order valence-corrected chi connectivity index (χ2v) is 8.50. The normalized spacial score (nSPS) is 13.1. The highest BCUT2D eigenvalue weighted by Gasteiger charge is 2.23. The molecule has 1 fully saturated rings. The lowest BCUT2D eigenvalue weighted by atomic mass is 10.2. The Labute approximate surface area is 193 Å². The van der Waals surface area contributed by atoms with Gasteiger partial charge in [0.05, 0.1) is 32.6 Å². The number of ether oxygens (including phenoxy) is 3. The van der Waals surface area contributed by atoms with Crippen LogP contribution in [0.1, 0.15) is 42.9 Å². The lowest BCUT2D eigenvalue weighted by Crippen LogP contribution is -2.25. The summed E-state index contributed by atoms with van der Waals surface area (Å²) in [7, 11) is 1.62.